The summed E-state index contributed by atoms with van der Waals surface area (Å²) in [5.41, 5.74) is 8.45. The number of carbonyl (C=O) groups excluding carboxylic acids is 1. The van der Waals surface area contributed by atoms with E-state index in [1.54, 1.807) is 6.08 Å². The van der Waals surface area contributed by atoms with Crippen LogP contribution in [0.5, 0.6) is 0 Å². The van der Waals surface area contributed by atoms with Crippen LogP contribution in [-0.4, -0.2) is 23.3 Å². The van der Waals surface area contributed by atoms with Crippen LogP contribution in [0.2, 0.25) is 0 Å². The Balaban J connectivity index is 1.95. The fourth-order valence-electron chi connectivity index (χ4n) is 3.32. The molecule has 2 rings (SSSR count). The van der Waals surface area contributed by atoms with E-state index in [-0.39, 0.29) is 17.8 Å². The Hall–Kier alpha value is -1.75. The topological polar surface area (TPSA) is 84.6 Å². The molecule has 0 spiro atoms. The zero-order chi connectivity index (χ0) is 19.1. The molecule has 1 saturated carbocycles. The summed E-state index contributed by atoms with van der Waals surface area (Å²) in [6.07, 6.45) is 11.3. The first-order valence-electron chi connectivity index (χ1n) is 9.92. The Morgan fingerprint density at radius 1 is 1.50 bits per heavy atom. The molecule has 0 bridgehead atoms. The summed E-state index contributed by atoms with van der Waals surface area (Å²) in [5.74, 6) is 0.641. The zero-order valence-electron chi connectivity index (χ0n) is 16.4. The average molecular weight is 363 g/mol. The lowest BCUT2D eigenvalue weighted by atomic mass is 9.96. The predicted molar refractivity (Wildman–Crippen MR) is 104 cm³/mol. The molecule has 2 aliphatic rings. The van der Waals surface area contributed by atoms with Gasteiger partial charge < -0.3 is 20.9 Å². The lowest BCUT2D eigenvalue weighted by molar-refractivity contribution is -0.118. The first-order valence-corrected chi connectivity index (χ1v) is 9.92. The largest absolute Gasteiger partial charge is 0.446 e. The van der Waals surface area contributed by atoms with Gasteiger partial charge in [0.25, 0.3) is 5.91 Å². The van der Waals surface area contributed by atoms with Crippen LogP contribution in [0, 0.1) is 5.92 Å². The number of nitrogens with two attached hydrogens (primary N) is 1. The fourth-order valence-corrected chi connectivity index (χ4v) is 3.32. The number of ether oxygens (including phenoxy) is 1. The molecule has 5 heteroatoms. The molecule has 1 aliphatic heterocycles. The molecule has 0 aromatic heterocycles. The maximum Gasteiger partial charge on any atom is 0.257 e. The standard InChI is InChI=1S/C21H34N2O3/c1-4-6-14(2)9-10-15(3)23-21(25)19-17(8-5-7-16-11-12-16)13-18(24)26-20(19)22/h9,13,15-16,18,24H,4-8,10-12,22H2,1-3H3,(H,23,25)/b14-9-. The molecule has 1 aliphatic carbocycles. The second kappa shape index (κ2) is 9.81. The molecule has 2 atom stereocenters. The number of rotatable bonds is 10. The van der Waals surface area contributed by atoms with Gasteiger partial charge in [-0.05, 0) is 57.1 Å². The highest BCUT2D eigenvalue weighted by Gasteiger charge is 2.27. The summed E-state index contributed by atoms with van der Waals surface area (Å²) in [7, 11) is 0. The molecule has 26 heavy (non-hydrogen) atoms. The number of hydrogen-bond donors (Lipinski definition) is 3. The third kappa shape index (κ3) is 6.52. The van der Waals surface area contributed by atoms with E-state index in [0.717, 1.165) is 43.6 Å². The first-order chi connectivity index (χ1) is 12.4. The number of nitrogens with one attached hydrogen (secondary N) is 1. The molecule has 4 N–H and O–H groups in total. The van der Waals surface area contributed by atoms with Crippen molar-refractivity contribution in [3.8, 4) is 0 Å². The summed E-state index contributed by atoms with van der Waals surface area (Å²) in [4.78, 5) is 12.7. The van der Waals surface area contributed by atoms with Gasteiger partial charge in [-0.1, -0.05) is 44.3 Å². The number of amides is 1. The predicted octanol–water partition coefficient (Wildman–Crippen LogP) is 3.65. The molecular formula is C21H34N2O3. The van der Waals surface area contributed by atoms with Gasteiger partial charge in [-0.25, -0.2) is 0 Å². The molecule has 0 aromatic carbocycles. The van der Waals surface area contributed by atoms with Crippen molar-refractivity contribution < 1.29 is 14.6 Å². The van der Waals surface area contributed by atoms with Gasteiger partial charge >= 0.3 is 0 Å². The SMILES string of the molecule is CCC/C(C)=C\CC(C)NC(=O)C1=C(N)OC(O)C=C1CCCC1CC1. The Bertz CT molecular complexity index is 588. The van der Waals surface area contributed by atoms with Gasteiger partial charge in [-0.2, -0.15) is 0 Å². The van der Waals surface area contributed by atoms with E-state index in [4.69, 9.17) is 10.5 Å². The van der Waals surface area contributed by atoms with Crippen LogP contribution in [0.15, 0.2) is 34.8 Å². The van der Waals surface area contributed by atoms with Crippen LogP contribution in [0.1, 0.15) is 72.1 Å². The summed E-state index contributed by atoms with van der Waals surface area (Å²) >= 11 is 0. The second-order valence-corrected chi connectivity index (χ2v) is 7.69. The van der Waals surface area contributed by atoms with Crippen LogP contribution >= 0.6 is 0 Å². The summed E-state index contributed by atoms with van der Waals surface area (Å²) in [5, 5.41) is 12.8. The molecule has 146 valence electrons. The Morgan fingerprint density at radius 2 is 2.23 bits per heavy atom. The molecule has 1 heterocycles. The van der Waals surface area contributed by atoms with E-state index < -0.39 is 6.29 Å². The quantitative estimate of drug-likeness (QED) is 0.518. The van der Waals surface area contributed by atoms with Crippen molar-refractivity contribution in [1.29, 1.82) is 0 Å². The van der Waals surface area contributed by atoms with Gasteiger partial charge in [-0.15, -0.1) is 0 Å². The van der Waals surface area contributed by atoms with Crippen LogP contribution in [0.3, 0.4) is 0 Å². The monoisotopic (exact) mass is 362 g/mol. The van der Waals surface area contributed by atoms with Crippen LogP contribution in [0.25, 0.3) is 0 Å². The van der Waals surface area contributed by atoms with Gasteiger partial charge in [0, 0.05) is 6.04 Å². The molecule has 5 nitrogen and oxygen atoms in total. The smallest absolute Gasteiger partial charge is 0.257 e. The van der Waals surface area contributed by atoms with E-state index in [0.29, 0.717) is 5.57 Å². The number of allylic oxidation sites excluding steroid dienone is 1. The maximum atomic E-state index is 12.7. The second-order valence-electron chi connectivity index (χ2n) is 7.69. The fraction of sp³-hybridized carbons (Fsp3) is 0.667. The number of aliphatic hydroxyl groups is 1. The van der Waals surface area contributed by atoms with Gasteiger partial charge in [-0.3, -0.25) is 4.79 Å². The summed E-state index contributed by atoms with van der Waals surface area (Å²) < 4.78 is 5.17. The van der Waals surface area contributed by atoms with Crippen molar-refractivity contribution in [2.75, 3.05) is 0 Å². The Kier molecular flexibility index (Phi) is 7.76. The average Bonchev–Trinajstić information content (AvgIpc) is 3.37. The number of hydrogen-bond acceptors (Lipinski definition) is 4. The lowest BCUT2D eigenvalue weighted by Crippen LogP contribution is -2.37. The van der Waals surface area contributed by atoms with Crippen molar-refractivity contribution in [3.05, 3.63) is 34.8 Å². The minimum absolute atomic E-state index is 0.00849. The van der Waals surface area contributed by atoms with E-state index in [1.165, 1.54) is 24.8 Å². The minimum atomic E-state index is -1.07. The van der Waals surface area contributed by atoms with Gasteiger partial charge in [0.1, 0.15) is 5.57 Å². The van der Waals surface area contributed by atoms with Gasteiger partial charge in [0.05, 0.1) is 0 Å². The summed E-state index contributed by atoms with van der Waals surface area (Å²) in [6, 6.07) is 0.00849. The Morgan fingerprint density at radius 3 is 2.88 bits per heavy atom. The van der Waals surface area contributed by atoms with Crippen LogP contribution in [0.4, 0.5) is 0 Å². The van der Waals surface area contributed by atoms with E-state index in [1.807, 2.05) is 6.92 Å². The number of carbonyl (C=O) groups is 1. The molecular weight excluding hydrogens is 328 g/mol. The number of aliphatic hydroxyl groups excluding tert-OH is 1. The Labute approximate surface area is 157 Å². The van der Waals surface area contributed by atoms with E-state index in [9.17, 15) is 9.90 Å². The van der Waals surface area contributed by atoms with Gasteiger partial charge in [0.15, 0.2) is 0 Å². The normalized spacial score (nSPS) is 21.9. The highest BCUT2D eigenvalue weighted by molar-refractivity contribution is 5.98. The third-order valence-electron chi connectivity index (χ3n) is 4.98. The van der Waals surface area contributed by atoms with Crippen LogP contribution in [-0.2, 0) is 9.53 Å². The van der Waals surface area contributed by atoms with Crippen molar-refractivity contribution in [1.82, 2.24) is 5.32 Å². The van der Waals surface area contributed by atoms with Crippen molar-refractivity contribution in [3.63, 3.8) is 0 Å². The molecule has 1 amide bonds. The van der Waals surface area contributed by atoms with E-state index >= 15 is 0 Å². The first kappa shape index (κ1) is 20.6. The van der Waals surface area contributed by atoms with Gasteiger partial charge in [0.2, 0.25) is 12.2 Å². The van der Waals surface area contributed by atoms with E-state index in [2.05, 4.69) is 25.2 Å². The molecule has 0 aromatic rings. The van der Waals surface area contributed by atoms with Crippen molar-refractivity contribution in [2.24, 2.45) is 11.7 Å². The minimum Gasteiger partial charge on any atom is -0.446 e. The van der Waals surface area contributed by atoms with Crippen LogP contribution < -0.4 is 11.1 Å². The maximum absolute atomic E-state index is 12.7. The molecule has 1 fully saturated rings. The van der Waals surface area contributed by atoms with Crippen molar-refractivity contribution in [2.45, 2.75) is 84.5 Å². The molecule has 0 saturated heterocycles. The zero-order valence-corrected chi connectivity index (χ0v) is 16.4. The lowest BCUT2D eigenvalue weighted by Gasteiger charge is -2.24. The molecule has 2 unspecified atom stereocenters. The van der Waals surface area contributed by atoms with Crippen molar-refractivity contribution >= 4 is 5.91 Å². The third-order valence-corrected chi connectivity index (χ3v) is 4.98. The highest BCUT2D eigenvalue weighted by Crippen LogP contribution is 2.35. The highest BCUT2D eigenvalue weighted by atomic mass is 16.6. The summed E-state index contributed by atoms with van der Waals surface area (Å²) in [6.45, 7) is 6.27. The molecule has 0 radical (unpaired) electrons.